The normalized spacial score (nSPS) is 11.5. The Balaban J connectivity index is 2.08. The number of halogens is 1. The van der Waals surface area contributed by atoms with Gasteiger partial charge in [0.2, 0.25) is 5.95 Å². The van der Waals surface area contributed by atoms with E-state index in [0.29, 0.717) is 23.3 Å². The maximum atomic E-state index is 14.5. The van der Waals surface area contributed by atoms with Crippen molar-refractivity contribution in [3.63, 3.8) is 0 Å². The molecule has 0 unspecified atom stereocenters. The van der Waals surface area contributed by atoms with E-state index in [0.717, 1.165) is 6.04 Å². The Morgan fingerprint density at radius 3 is 2.75 bits per heavy atom. The molecule has 0 spiro atoms. The van der Waals surface area contributed by atoms with Crippen LogP contribution in [0, 0.1) is 5.95 Å². The highest BCUT2D eigenvalue weighted by atomic mass is 28.3. The van der Waals surface area contributed by atoms with E-state index in [9.17, 15) is 9.18 Å². The molecule has 0 aliphatic rings. The van der Waals surface area contributed by atoms with Crippen molar-refractivity contribution < 1.29 is 18.7 Å². The summed E-state index contributed by atoms with van der Waals surface area (Å²) >= 11 is 0. The van der Waals surface area contributed by atoms with Crippen LogP contribution in [0.25, 0.3) is 11.1 Å². The number of esters is 1. The molecule has 0 atom stereocenters. The summed E-state index contributed by atoms with van der Waals surface area (Å²) in [4.78, 5) is 11.6. The van der Waals surface area contributed by atoms with Gasteiger partial charge in [0.25, 0.3) is 0 Å². The molecule has 0 N–H and O–H groups in total. The van der Waals surface area contributed by atoms with Crippen LogP contribution in [0.3, 0.4) is 0 Å². The fraction of sp³-hybridized carbons (Fsp3) is 0.412. The van der Waals surface area contributed by atoms with E-state index in [2.05, 4.69) is 29.5 Å². The maximum absolute atomic E-state index is 14.5. The third-order valence-electron chi connectivity index (χ3n) is 3.58. The minimum Gasteiger partial charge on any atom is -0.465 e. The van der Waals surface area contributed by atoms with Crippen LogP contribution in [0.2, 0.25) is 25.7 Å². The summed E-state index contributed by atoms with van der Waals surface area (Å²) < 4.78 is 25.9. The van der Waals surface area contributed by atoms with E-state index in [4.69, 9.17) is 4.74 Å². The first-order chi connectivity index (χ1) is 11.3. The molecule has 0 saturated carbocycles. The molecule has 2 rings (SSSR count). The Morgan fingerprint density at radius 2 is 2.08 bits per heavy atom. The second-order valence-electron chi connectivity index (χ2n) is 6.77. The number of hydrogen-bond acceptors (Lipinski definition) is 4. The molecule has 24 heavy (non-hydrogen) atoms. The van der Waals surface area contributed by atoms with Crippen LogP contribution >= 0.6 is 0 Å². The molecule has 5 nitrogen and oxygen atoms in total. The van der Waals surface area contributed by atoms with E-state index >= 15 is 0 Å². The Bertz CT molecular complexity index is 710. The number of carbonyl (C=O) groups excluding carboxylic acids is 1. The van der Waals surface area contributed by atoms with Gasteiger partial charge in [-0.2, -0.15) is 9.49 Å². The fourth-order valence-electron chi connectivity index (χ4n) is 2.11. The summed E-state index contributed by atoms with van der Waals surface area (Å²) in [6.07, 6.45) is 1.44. The Labute approximate surface area is 142 Å². The zero-order valence-corrected chi connectivity index (χ0v) is 15.5. The maximum Gasteiger partial charge on any atom is 0.337 e. The lowest BCUT2D eigenvalue weighted by Crippen LogP contribution is -2.22. The van der Waals surface area contributed by atoms with Crippen LogP contribution in [0.5, 0.6) is 0 Å². The van der Waals surface area contributed by atoms with Crippen molar-refractivity contribution in [3.05, 3.63) is 42.0 Å². The summed E-state index contributed by atoms with van der Waals surface area (Å²) in [6, 6.07) is 7.63. The molecule has 0 radical (unpaired) electrons. The predicted molar refractivity (Wildman–Crippen MR) is 93.1 cm³/mol. The summed E-state index contributed by atoms with van der Waals surface area (Å²) in [6.45, 7) is 7.46. The minimum absolute atomic E-state index is 0.0764. The zero-order valence-electron chi connectivity index (χ0n) is 14.5. The van der Waals surface area contributed by atoms with Gasteiger partial charge in [-0.25, -0.2) is 9.48 Å². The summed E-state index contributed by atoms with van der Waals surface area (Å²) in [5.74, 6) is -0.940. The van der Waals surface area contributed by atoms with Gasteiger partial charge in [-0.1, -0.05) is 31.8 Å². The van der Waals surface area contributed by atoms with Crippen molar-refractivity contribution in [1.29, 1.82) is 0 Å². The van der Waals surface area contributed by atoms with E-state index in [1.807, 2.05) is 0 Å². The van der Waals surface area contributed by atoms with E-state index in [1.54, 1.807) is 24.3 Å². The lowest BCUT2D eigenvalue weighted by Gasteiger charge is -2.15. The molecule has 0 aliphatic heterocycles. The number of hydrogen-bond donors (Lipinski definition) is 0. The molecular formula is C17H23FN2O3Si. The van der Waals surface area contributed by atoms with Gasteiger partial charge in [-0.3, -0.25) is 0 Å². The van der Waals surface area contributed by atoms with Gasteiger partial charge in [0.15, 0.2) is 0 Å². The minimum atomic E-state index is -1.17. The molecule has 0 fully saturated rings. The average molecular weight is 350 g/mol. The van der Waals surface area contributed by atoms with Crippen molar-refractivity contribution in [2.24, 2.45) is 0 Å². The van der Waals surface area contributed by atoms with Crippen molar-refractivity contribution in [1.82, 2.24) is 9.78 Å². The monoisotopic (exact) mass is 350 g/mol. The smallest absolute Gasteiger partial charge is 0.337 e. The number of ether oxygens (including phenoxy) is 2. The summed E-state index contributed by atoms with van der Waals surface area (Å²) in [5, 5.41) is 4.03. The molecule has 1 aromatic heterocycles. The van der Waals surface area contributed by atoms with Gasteiger partial charge in [-0.05, 0) is 23.7 Å². The third-order valence-corrected chi connectivity index (χ3v) is 5.28. The number of methoxy groups -OCH3 is 1. The van der Waals surface area contributed by atoms with Crippen molar-refractivity contribution >= 4 is 14.0 Å². The number of rotatable bonds is 7. The van der Waals surface area contributed by atoms with Gasteiger partial charge in [0.05, 0.1) is 24.4 Å². The topological polar surface area (TPSA) is 53.3 Å². The third kappa shape index (κ3) is 4.75. The van der Waals surface area contributed by atoms with Crippen LogP contribution in [-0.4, -0.2) is 37.5 Å². The van der Waals surface area contributed by atoms with Crippen LogP contribution in [0.1, 0.15) is 10.4 Å². The van der Waals surface area contributed by atoms with Crippen LogP contribution in [0.4, 0.5) is 4.39 Å². The lowest BCUT2D eigenvalue weighted by molar-refractivity contribution is 0.0600. The van der Waals surface area contributed by atoms with E-state index in [-0.39, 0.29) is 6.73 Å². The van der Waals surface area contributed by atoms with Crippen molar-refractivity contribution in [3.8, 4) is 11.1 Å². The molecule has 2 aromatic rings. The molecule has 0 aliphatic carbocycles. The molecular weight excluding hydrogens is 327 g/mol. The largest absolute Gasteiger partial charge is 0.465 e. The Kier molecular flexibility index (Phi) is 5.90. The standard InChI is InChI=1S/C17H23FN2O3Si/c1-22-17(21)14-7-5-6-13(10-14)15-11-19-20(16(15)18)12-23-8-9-24(2,3)4/h5-7,10-11H,8-9,12H2,1-4H3. The van der Waals surface area contributed by atoms with E-state index < -0.39 is 20.0 Å². The molecule has 1 heterocycles. The van der Waals surface area contributed by atoms with E-state index in [1.165, 1.54) is 18.0 Å². The zero-order chi connectivity index (χ0) is 17.7. The van der Waals surface area contributed by atoms with Crippen molar-refractivity contribution in [2.75, 3.05) is 13.7 Å². The Hall–Kier alpha value is -1.99. The van der Waals surface area contributed by atoms with Gasteiger partial charge in [0, 0.05) is 14.7 Å². The highest BCUT2D eigenvalue weighted by Gasteiger charge is 2.15. The van der Waals surface area contributed by atoms with Crippen LogP contribution < -0.4 is 0 Å². The quantitative estimate of drug-likeness (QED) is 0.433. The molecule has 1 aromatic carbocycles. The number of benzene rings is 1. The molecule has 130 valence electrons. The van der Waals surface area contributed by atoms with Gasteiger partial charge in [0.1, 0.15) is 6.73 Å². The molecule has 0 bridgehead atoms. The summed E-state index contributed by atoms with van der Waals surface area (Å²) in [7, 11) is 0.142. The number of carbonyl (C=O) groups is 1. The second kappa shape index (κ2) is 7.72. The average Bonchev–Trinajstić information content (AvgIpc) is 2.91. The molecule has 0 saturated heterocycles. The Morgan fingerprint density at radius 1 is 1.33 bits per heavy atom. The van der Waals surface area contributed by atoms with Crippen molar-refractivity contribution in [2.45, 2.75) is 32.4 Å². The predicted octanol–water partition coefficient (Wildman–Crippen LogP) is 3.79. The van der Waals surface area contributed by atoms with Crippen LogP contribution in [-0.2, 0) is 16.2 Å². The first-order valence-electron chi connectivity index (χ1n) is 7.79. The molecule has 7 heteroatoms. The lowest BCUT2D eigenvalue weighted by atomic mass is 10.1. The fourth-order valence-corrected chi connectivity index (χ4v) is 2.87. The summed E-state index contributed by atoms with van der Waals surface area (Å²) in [5.41, 5.74) is 1.27. The van der Waals surface area contributed by atoms with Gasteiger partial charge in [-0.15, -0.1) is 0 Å². The highest BCUT2D eigenvalue weighted by Crippen LogP contribution is 2.23. The first-order valence-corrected chi connectivity index (χ1v) is 11.5. The highest BCUT2D eigenvalue weighted by molar-refractivity contribution is 6.76. The first kappa shape index (κ1) is 18.3. The number of nitrogens with zero attached hydrogens (tertiary/aromatic N) is 2. The second-order valence-corrected chi connectivity index (χ2v) is 12.4. The van der Waals surface area contributed by atoms with Crippen LogP contribution in [0.15, 0.2) is 30.5 Å². The number of aromatic nitrogens is 2. The van der Waals surface area contributed by atoms with Gasteiger partial charge >= 0.3 is 5.97 Å². The van der Waals surface area contributed by atoms with Gasteiger partial charge < -0.3 is 9.47 Å². The SMILES string of the molecule is COC(=O)c1cccc(-c2cnn(COCC[Si](C)(C)C)c2F)c1. The molecule has 0 amide bonds.